The number of benzene rings is 2. The SMILES string of the molecule is N#CCCN(C(=S)Nc1ccc(C#N)cc1)C(C#N)CNC(=S)Nc1ccc(C#N)cc1. The van der Waals surface area contributed by atoms with Crippen LogP contribution < -0.4 is 16.0 Å². The van der Waals surface area contributed by atoms with Gasteiger partial charge in [-0.3, -0.25) is 0 Å². The summed E-state index contributed by atoms with van der Waals surface area (Å²) in [5.41, 5.74) is 2.42. The molecule has 2 aromatic rings. The van der Waals surface area contributed by atoms with Gasteiger partial charge in [0.05, 0.1) is 48.4 Å². The Bertz CT molecular complexity index is 1120. The normalized spacial score (nSPS) is 10.2. The third-order valence-corrected chi connectivity index (χ3v) is 4.83. The summed E-state index contributed by atoms with van der Waals surface area (Å²) >= 11 is 10.8. The van der Waals surface area contributed by atoms with E-state index in [0.717, 1.165) is 0 Å². The molecule has 3 N–H and O–H groups in total. The molecule has 0 saturated heterocycles. The zero-order valence-corrected chi connectivity index (χ0v) is 18.5. The van der Waals surface area contributed by atoms with Crippen molar-refractivity contribution in [1.29, 1.82) is 21.0 Å². The zero-order chi connectivity index (χ0) is 23.3. The minimum Gasteiger partial charge on any atom is -0.359 e. The smallest absolute Gasteiger partial charge is 0.174 e. The van der Waals surface area contributed by atoms with Gasteiger partial charge in [-0.15, -0.1) is 0 Å². The van der Waals surface area contributed by atoms with E-state index < -0.39 is 6.04 Å². The first-order valence-electron chi connectivity index (χ1n) is 9.40. The molecule has 0 bridgehead atoms. The van der Waals surface area contributed by atoms with Crippen LogP contribution in [-0.4, -0.2) is 34.3 Å². The lowest BCUT2D eigenvalue weighted by Crippen LogP contribution is -2.48. The third kappa shape index (κ3) is 7.23. The fourth-order valence-corrected chi connectivity index (χ4v) is 3.15. The van der Waals surface area contributed by atoms with Crippen molar-refractivity contribution in [2.75, 3.05) is 23.7 Å². The summed E-state index contributed by atoms with van der Waals surface area (Å²) in [5, 5.41) is 46.1. The van der Waals surface area contributed by atoms with E-state index in [-0.39, 0.29) is 24.6 Å². The highest BCUT2D eigenvalue weighted by molar-refractivity contribution is 7.80. The van der Waals surface area contributed by atoms with Crippen molar-refractivity contribution in [2.45, 2.75) is 12.5 Å². The van der Waals surface area contributed by atoms with E-state index in [1.165, 1.54) is 0 Å². The minimum atomic E-state index is -0.692. The third-order valence-electron chi connectivity index (χ3n) is 4.24. The first kappa shape index (κ1) is 24.1. The predicted molar refractivity (Wildman–Crippen MR) is 129 cm³/mol. The Balaban J connectivity index is 2.01. The molecule has 10 heteroatoms. The van der Waals surface area contributed by atoms with E-state index in [4.69, 9.17) is 40.2 Å². The molecule has 1 atom stereocenters. The fraction of sp³-hybridized carbons (Fsp3) is 0.182. The molecule has 0 amide bonds. The average Bonchev–Trinajstić information content (AvgIpc) is 2.82. The summed E-state index contributed by atoms with van der Waals surface area (Å²) in [6, 6.07) is 21.2. The van der Waals surface area contributed by atoms with Crippen LogP contribution in [0.5, 0.6) is 0 Å². The Hall–Kier alpha value is -4.22. The maximum atomic E-state index is 9.71. The van der Waals surface area contributed by atoms with Crippen molar-refractivity contribution in [2.24, 2.45) is 0 Å². The lowest BCUT2D eigenvalue weighted by atomic mass is 10.2. The molecule has 0 saturated carbocycles. The number of hydrogen-bond acceptors (Lipinski definition) is 6. The second-order valence-corrected chi connectivity index (χ2v) is 7.18. The Morgan fingerprint density at radius 1 is 0.844 bits per heavy atom. The van der Waals surface area contributed by atoms with Crippen LogP contribution in [0.25, 0.3) is 0 Å². The predicted octanol–water partition coefficient (Wildman–Crippen LogP) is 3.22. The van der Waals surface area contributed by atoms with Gasteiger partial charge < -0.3 is 20.9 Å². The van der Waals surface area contributed by atoms with Gasteiger partial charge in [0.2, 0.25) is 0 Å². The van der Waals surface area contributed by atoms with Crippen molar-refractivity contribution < 1.29 is 0 Å². The highest BCUT2D eigenvalue weighted by Gasteiger charge is 2.21. The van der Waals surface area contributed by atoms with Gasteiger partial charge in [0, 0.05) is 17.9 Å². The topological polar surface area (TPSA) is 134 Å². The first-order chi connectivity index (χ1) is 15.5. The number of thiocarbonyl (C=S) groups is 2. The largest absolute Gasteiger partial charge is 0.359 e. The molecule has 0 aliphatic heterocycles. The maximum Gasteiger partial charge on any atom is 0.174 e. The molecule has 0 heterocycles. The van der Waals surface area contributed by atoms with Crippen LogP contribution in [-0.2, 0) is 0 Å². The molecule has 0 radical (unpaired) electrons. The average molecular weight is 459 g/mol. The van der Waals surface area contributed by atoms with E-state index in [1.54, 1.807) is 53.4 Å². The maximum absolute atomic E-state index is 9.71. The van der Waals surface area contributed by atoms with Crippen LogP contribution >= 0.6 is 24.4 Å². The van der Waals surface area contributed by atoms with Crippen LogP contribution in [0, 0.1) is 45.3 Å². The van der Waals surface area contributed by atoms with Crippen molar-refractivity contribution in [3.63, 3.8) is 0 Å². The molecule has 0 aliphatic rings. The van der Waals surface area contributed by atoms with E-state index in [9.17, 15) is 5.26 Å². The molecule has 2 rings (SSSR count). The van der Waals surface area contributed by atoms with Gasteiger partial charge >= 0.3 is 0 Å². The van der Waals surface area contributed by atoms with Gasteiger partial charge in [0.25, 0.3) is 0 Å². The van der Waals surface area contributed by atoms with E-state index >= 15 is 0 Å². The number of nitriles is 4. The van der Waals surface area contributed by atoms with Crippen LogP contribution in [0.2, 0.25) is 0 Å². The molecule has 0 spiro atoms. The number of anilines is 2. The van der Waals surface area contributed by atoms with Gasteiger partial charge in [0.15, 0.2) is 10.2 Å². The highest BCUT2D eigenvalue weighted by atomic mass is 32.1. The Labute approximate surface area is 197 Å². The van der Waals surface area contributed by atoms with Crippen LogP contribution in [0.15, 0.2) is 48.5 Å². The molecule has 0 aromatic heterocycles. The fourth-order valence-electron chi connectivity index (χ4n) is 2.61. The van der Waals surface area contributed by atoms with Crippen molar-refractivity contribution in [1.82, 2.24) is 10.2 Å². The summed E-state index contributed by atoms with van der Waals surface area (Å²) in [4.78, 5) is 1.62. The lowest BCUT2D eigenvalue weighted by Gasteiger charge is -2.29. The molecular weight excluding hydrogens is 440 g/mol. The molecule has 0 fully saturated rings. The van der Waals surface area contributed by atoms with Crippen molar-refractivity contribution in [3.8, 4) is 24.3 Å². The van der Waals surface area contributed by atoms with Gasteiger partial charge in [-0.25, -0.2) is 0 Å². The minimum absolute atomic E-state index is 0.166. The molecule has 2 aromatic carbocycles. The van der Waals surface area contributed by atoms with Gasteiger partial charge in [-0.1, -0.05) is 0 Å². The second-order valence-electron chi connectivity index (χ2n) is 6.39. The molecule has 8 nitrogen and oxygen atoms in total. The summed E-state index contributed by atoms with van der Waals surface area (Å²) in [6.07, 6.45) is 0.182. The van der Waals surface area contributed by atoms with Gasteiger partial charge in [-0.2, -0.15) is 21.0 Å². The molecule has 1 unspecified atom stereocenters. The number of rotatable bonds is 7. The Morgan fingerprint density at radius 2 is 1.38 bits per heavy atom. The zero-order valence-electron chi connectivity index (χ0n) is 16.9. The highest BCUT2D eigenvalue weighted by Crippen LogP contribution is 2.12. The standard InChI is InChI=1S/C22H18N8S2/c23-10-1-11-30(22(32)29-19-8-4-17(13-25)5-9-19)20(14-26)15-27-21(31)28-18-6-2-16(12-24)3-7-18/h2-9,20H,1,11,15H2,(H,29,32)(H2,27,28,31). The lowest BCUT2D eigenvalue weighted by molar-refractivity contribution is 0.374. The molecule has 0 aliphatic carbocycles. The van der Waals surface area contributed by atoms with Crippen LogP contribution in [0.1, 0.15) is 17.5 Å². The van der Waals surface area contributed by atoms with E-state index in [0.29, 0.717) is 27.6 Å². The monoisotopic (exact) mass is 458 g/mol. The summed E-state index contributed by atoms with van der Waals surface area (Å²) in [7, 11) is 0. The summed E-state index contributed by atoms with van der Waals surface area (Å²) in [6.45, 7) is 0.424. The Kier molecular flexibility index (Phi) is 9.37. The second kappa shape index (κ2) is 12.5. The Morgan fingerprint density at radius 3 is 1.84 bits per heavy atom. The van der Waals surface area contributed by atoms with E-state index in [1.807, 2.05) is 12.1 Å². The van der Waals surface area contributed by atoms with E-state index in [2.05, 4.69) is 28.1 Å². The molecule has 32 heavy (non-hydrogen) atoms. The van der Waals surface area contributed by atoms with Crippen molar-refractivity contribution >= 4 is 46.0 Å². The summed E-state index contributed by atoms with van der Waals surface area (Å²) in [5.74, 6) is 0. The van der Waals surface area contributed by atoms with Crippen LogP contribution in [0.3, 0.4) is 0 Å². The number of nitrogens with one attached hydrogen (secondary N) is 3. The number of hydrogen-bond donors (Lipinski definition) is 3. The molecular formula is C22H18N8S2. The number of nitrogens with zero attached hydrogens (tertiary/aromatic N) is 5. The quantitative estimate of drug-likeness (QED) is 0.531. The summed E-state index contributed by atoms with van der Waals surface area (Å²) < 4.78 is 0. The van der Waals surface area contributed by atoms with Crippen LogP contribution in [0.4, 0.5) is 11.4 Å². The first-order valence-corrected chi connectivity index (χ1v) is 10.2. The van der Waals surface area contributed by atoms with Gasteiger partial charge in [0.1, 0.15) is 6.04 Å². The van der Waals surface area contributed by atoms with Gasteiger partial charge in [-0.05, 0) is 73.0 Å². The molecule has 158 valence electrons. The van der Waals surface area contributed by atoms with Crippen molar-refractivity contribution in [3.05, 3.63) is 59.7 Å².